The number of nitrogens with one attached hydrogen (secondary N) is 2. The second kappa shape index (κ2) is 12.4. The molecular formula is C22H27BrN2O3S. The topological polar surface area (TPSA) is 59.6 Å². The highest BCUT2D eigenvalue weighted by Crippen LogP contribution is 2.27. The van der Waals surface area contributed by atoms with E-state index >= 15 is 0 Å². The molecule has 0 saturated carbocycles. The lowest BCUT2D eigenvalue weighted by atomic mass is 10.2. The molecule has 0 aliphatic rings. The Hall–Kier alpha value is -2.12. The number of halogens is 1. The summed E-state index contributed by atoms with van der Waals surface area (Å²) in [6.07, 6.45) is 4.59. The lowest BCUT2D eigenvalue weighted by molar-refractivity contribution is 0.0977. The molecule has 0 fully saturated rings. The lowest BCUT2D eigenvalue weighted by Gasteiger charge is -2.14. The first-order valence-electron chi connectivity index (χ1n) is 9.81. The number of hydrogen-bond acceptors (Lipinski definition) is 4. The molecule has 0 aliphatic carbocycles. The molecule has 5 nitrogen and oxygen atoms in total. The van der Waals surface area contributed by atoms with Gasteiger partial charge < -0.3 is 14.8 Å². The van der Waals surface area contributed by atoms with Crippen LogP contribution in [0, 0.1) is 0 Å². The largest absolute Gasteiger partial charge is 0.492 e. The van der Waals surface area contributed by atoms with Gasteiger partial charge in [0.25, 0.3) is 5.91 Å². The molecule has 1 amide bonds. The molecule has 2 rings (SSSR count). The molecule has 7 heteroatoms. The van der Waals surface area contributed by atoms with Crippen molar-refractivity contribution in [1.82, 2.24) is 5.32 Å². The predicted octanol–water partition coefficient (Wildman–Crippen LogP) is 5.93. The molecule has 156 valence electrons. The van der Waals surface area contributed by atoms with Crippen molar-refractivity contribution in [2.45, 2.75) is 39.5 Å². The molecule has 2 N–H and O–H groups in total. The Kier molecular flexibility index (Phi) is 9.94. The summed E-state index contributed by atoms with van der Waals surface area (Å²) in [6, 6.07) is 12.7. The van der Waals surface area contributed by atoms with Crippen LogP contribution in [0.4, 0.5) is 5.69 Å². The van der Waals surface area contributed by atoms with Gasteiger partial charge in [0.15, 0.2) is 5.11 Å². The van der Waals surface area contributed by atoms with Crippen molar-refractivity contribution in [2.75, 3.05) is 18.5 Å². The summed E-state index contributed by atoms with van der Waals surface area (Å²) in [5, 5.41) is 5.90. The number of unbranched alkanes of at least 4 members (excludes halogenated alkanes) is 3. The Balaban J connectivity index is 1.91. The third-order valence-electron chi connectivity index (χ3n) is 4.11. The van der Waals surface area contributed by atoms with Crippen LogP contribution in [-0.2, 0) is 0 Å². The van der Waals surface area contributed by atoms with E-state index in [-0.39, 0.29) is 11.0 Å². The van der Waals surface area contributed by atoms with Gasteiger partial charge in [0.2, 0.25) is 0 Å². The van der Waals surface area contributed by atoms with Crippen LogP contribution in [0.25, 0.3) is 0 Å². The SMILES string of the molecule is CCCCCCOc1ccc(C(=O)NC(=S)Nc2ccccc2OCC)cc1Br. The van der Waals surface area contributed by atoms with Crippen LogP contribution in [0.15, 0.2) is 46.9 Å². The molecule has 0 atom stereocenters. The van der Waals surface area contributed by atoms with Crippen molar-refractivity contribution in [3.8, 4) is 11.5 Å². The number of amides is 1. The second-order valence-electron chi connectivity index (χ2n) is 6.39. The summed E-state index contributed by atoms with van der Waals surface area (Å²) in [7, 11) is 0. The molecule has 0 heterocycles. The van der Waals surface area contributed by atoms with Gasteiger partial charge in [-0.25, -0.2) is 0 Å². The molecule has 0 radical (unpaired) electrons. The Labute approximate surface area is 186 Å². The quantitative estimate of drug-likeness (QED) is 0.327. The molecule has 0 aromatic heterocycles. The van der Waals surface area contributed by atoms with E-state index in [9.17, 15) is 4.79 Å². The van der Waals surface area contributed by atoms with Gasteiger partial charge in [0.05, 0.1) is 23.4 Å². The minimum atomic E-state index is -0.299. The van der Waals surface area contributed by atoms with E-state index in [1.54, 1.807) is 18.2 Å². The van der Waals surface area contributed by atoms with E-state index < -0.39 is 0 Å². The number of carbonyl (C=O) groups is 1. The molecule has 0 aliphatic heterocycles. The Morgan fingerprint density at radius 3 is 2.55 bits per heavy atom. The van der Waals surface area contributed by atoms with Crippen molar-refractivity contribution < 1.29 is 14.3 Å². The minimum absolute atomic E-state index is 0.203. The van der Waals surface area contributed by atoms with Crippen LogP contribution in [0.5, 0.6) is 11.5 Å². The first kappa shape index (κ1) is 23.2. The van der Waals surface area contributed by atoms with Crippen LogP contribution in [0.2, 0.25) is 0 Å². The zero-order chi connectivity index (χ0) is 21.1. The van der Waals surface area contributed by atoms with Crippen LogP contribution >= 0.6 is 28.1 Å². The van der Waals surface area contributed by atoms with Crippen LogP contribution in [0.1, 0.15) is 49.9 Å². The van der Waals surface area contributed by atoms with Gasteiger partial charge in [-0.15, -0.1) is 0 Å². The fraction of sp³-hybridized carbons (Fsp3) is 0.364. The number of thiocarbonyl (C=S) groups is 1. The summed E-state index contributed by atoms with van der Waals surface area (Å²) < 4.78 is 12.1. The van der Waals surface area contributed by atoms with E-state index in [1.807, 2.05) is 31.2 Å². The van der Waals surface area contributed by atoms with Gasteiger partial charge in [-0.05, 0) is 71.8 Å². The van der Waals surface area contributed by atoms with E-state index in [0.29, 0.717) is 30.2 Å². The van der Waals surface area contributed by atoms with Crippen molar-refractivity contribution in [2.24, 2.45) is 0 Å². The number of benzene rings is 2. The maximum absolute atomic E-state index is 12.5. The normalized spacial score (nSPS) is 10.3. The van der Waals surface area contributed by atoms with Gasteiger partial charge in [-0.2, -0.15) is 0 Å². The van der Waals surface area contributed by atoms with Crippen LogP contribution < -0.4 is 20.1 Å². The van der Waals surface area contributed by atoms with Gasteiger partial charge in [-0.3, -0.25) is 10.1 Å². The van der Waals surface area contributed by atoms with Crippen molar-refractivity contribution >= 4 is 44.9 Å². The van der Waals surface area contributed by atoms with E-state index in [4.69, 9.17) is 21.7 Å². The Morgan fingerprint density at radius 1 is 1.03 bits per heavy atom. The predicted molar refractivity (Wildman–Crippen MR) is 125 cm³/mol. The lowest BCUT2D eigenvalue weighted by Crippen LogP contribution is -2.34. The van der Waals surface area contributed by atoms with E-state index in [1.165, 1.54) is 12.8 Å². The highest BCUT2D eigenvalue weighted by Gasteiger charge is 2.12. The van der Waals surface area contributed by atoms with Gasteiger partial charge in [-0.1, -0.05) is 38.3 Å². The molecule has 29 heavy (non-hydrogen) atoms. The number of carbonyl (C=O) groups excluding carboxylic acids is 1. The first-order chi connectivity index (χ1) is 14.0. The van der Waals surface area contributed by atoms with Crippen molar-refractivity contribution in [3.05, 3.63) is 52.5 Å². The maximum Gasteiger partial charge on any atom is 0.257 e. The number of ether oxygens (including phenoxy) is 2. The molecule has 0 bridgehead atoms. The fourth-order valence-electron chi connectivity index (χ4n) is 2.65. The highest BCUT2D eigenvalue weighted by atomic mass is 79.9. The monoisotopic (exact) mass is 478 g/mol. The van der Waals surface area contributed by atoms with E-state index in [2.05, 4.69) is 33.5 Å². The highest BCUT2D eigenvalue weighted by molar-refractivity contribution is 9.10. The number of anilines is 1. The first-order valence-corrected chi connectivity index (χ1v) is 11.0. The Bertz CT molecular complexity index is 829. The average molecular weight is 479 g/mol. The number of para-hydroxylation sites is 2. The summed E-state index contributed by atoms with van der Waals surface area (Å²) >= 11 is 8.75. The standard InChI is InChI=1S/C22H27BrN2O3S/c1-3-5-6-9-14-28-19-13-12-16(15-17(19)23)21(26)25-22(29)24-18-10-7-8-11-20(18)27-4-2/h7-8,10-13,15H,3-6,9,14H2,1-2H3,(H2,24,25,26,29). The summed E-state index contributed by atoms with van der Waals surface area (Å²) in [5.41, 5.74) is 1.19. The maximum atomic E-state index is 12.5. The zero-order valence-corrected chi connectivity index (χ0v) is 19.2. The summed E-state index contributed by atoms with van der Waals surface area (Å²) in [5.74, 6) is 1.10. The molecule has 0 spiro atoms. The van der Waals surface area contributed by atoms with Gasteiger partial charge >= 0.3 is 0 Å². The Morgan fingerprint density at radius 2 is 1.83 bits per heavy atom. The molecule has 0 unspecified atom stereocenters. The van der Waals surface area contributed by atoms with E-state index in [0.717, 1.165) is 23.1 Å². The van der Waals surface area contributed by atoms with Gasteiger partial charge in [0, 0.05) is 5.56 Å². The molecule has 2 aromatic rings. The number of rotatable bonds is 10. The smallest absolute Gasteiger partial charge is 0.257 e. The fourth-order valence-corrected chi connectivity index (χ4v) is 3.35. The van der Waals surface area contributed by atoms with Crippen molar-refractivity contribution in [3.63, 3.8) is 0 Å². The zero-order valence-electron chi connectivity index (χ0n) is 16.8. The third-order valence-corrected chi connectivity index (χ3v) is 4.94. The van der Waals surface area contributed by atoms with Gasteiger partial charge in [0.1, 0.15) is 11.5 Å². The van der Waals surface area contributed by atoms with Crippen molar-refractivity contribution in [1.29, 1.82) is 0 Å². The minimum Gasteiger partial charge on any atom is -0.492 e. The molecule has 2 aromatic carbocycles. The third kappa shape index (κ3) is 7.66. The summed E-state index contributed by atoms with van der Waals surface area (Å²) in [6.45, 7) is 5.30. The van der Waals surface area contributed by atoms with Crippen LogP contribution in [-0.4, -0.2) is 24.2 Å². The summed E-state index contributed by atoms with van der Waals surface area (Å²) in [4.78, 5) is 12.5. The molecular weight excluding hydrogens is 452 g/mol. The van der Waals surface area contributed by atoms with Crippen LogP contribution in [0.3, 0.4) is 0 Å². The number of hydrogen-bond donors (Lipinski definition) is 2. The average Bonchev–Trinajstić information content (AvgIpc) is 2.70. The molecule has 0 saturated heterocycles. The second-order valence-corrected chi connectivity index (χ2v) is 7.65.